The molecule has 0 rings (SSSR count). The van der Waals surface area contributed by atoms with Gasteiger partial charge in [0.1, 0.15) is 0 Å². The second kappa shape index (κ2) is 39.9. The maximum absolute atomic E-state index is 13.1. The molecule has 0 saturated heterocycles. The van der Waals surface area contributed by atoms with Gasteiger partial charge in [-0.15, -0.1) is 0 Å². The van der Waals surface area contributed by atoms with Crippen LogP contribution in [0.1, 0.15) is 208 Å². The number of hydrogen-bond acceptors (Lipinski definition) is 7. The molecule has 0 N–H and O–H groups in total. The van der Waals surface area contributed by atoms with E-state index < -0.39 is 0 Å². The largest absolute Gasteiger partial charge is 0.466 e. The fourth-order valence-corrected chi connectivity index (χ4v) is 7.14. The highest BCUT2D eigenvalue weighted by Gasteiger charge is 2.19. The fraction of sp³-hybridized carbons (Fsp3) is 0.854. The van der Waals surface area contributed by atoms with Crippen molar-refractivity contribution in [3.05, 3.63) is 24.1 Å². The summed E-state index contributed by atoms with van der Waals surface area (Å²) in [7, 11) is 0. The van der Waals surface area contributed by atoms with Crippen LogP contribution in [0, 0.1) is 17.8 Å². The van der Waals surface area contributed by atoms with E-state index in [1.165, 1.54) is 70.6 Å². The van der Waals surface area contributed by atoms with Gasteiger partial charge in [0.25, 0.3) is 0 Å². The van der Waals surface area contributed by atoms with E-state index in [0.717, 1.165) is 110 Å². The van der Waals surface area contributed by atoms with Crippen LogP contribution in [0.4, 0.5) is 0 Å². The van der Waals surface area contributed by atoms with Crippen LogP contribution in [0.3, 0.4) is 0 Å². The quantitative estimate of drug-likeness (QED) is 0.0265. The zero-order chi connectivity index (χ0) is 40.6. The second-order valence-electron chi connectivity index (χ2n) is 16.0. The van der Waals surface area contributed by atoms with Crippen LogP contribution in [0.2, 0.25) is 0 Å². The first-order chi connectivity index (χ1) is 26.8. The lowest BCUT2D eigenvalue weighted by Gasteiger charge is -2.19. The van der Waals surface area contributed by atoms with E-state index >= 15 is 0 Å². The molecule has 0 bridgehead atoms. The van der Waals surface area contributed by atoms with Gasteiger partial charge in [0.15, 0.2) is 0 Å². The Hall–Kier alpha value is -2.33. The van der Waals surface area contributed by atoms with E-state index in [-0.39, 0.29) is 29.7 Å². The van der Waals surface area contributed by atoms with E-state index in [1.54, 1.807) is 0 Å². The first-order valence-corrected chi connectivity index (χ1v) is 23.1. The molecule has 0 saturated carbocycles. The summed E-state index contributed by atoms with van der Waals surface area (Å²) in [5.41, 5.74) is 5.55. The van der Waals surface area contributed by atoms with Crippen LogP contribution in [0.25, 0.3) is 0 Å². The number of carbonyl (C=O) groups is 3. The van der Waals surface area contributed by atoms with Crippen LogP contribution in [-0.2, 0) is 28.6 Å². The Kier molecular flexibility index (Phi) is 38.2. The Morgan fingerprint density at radius 3 is 1.51 bits per heavy atom. The SMILES string of the molecule is C=C=C=CC(CCCC)CC(=O)OCCCCCCCCCCC(CCCCCCCCCCOC(=O)CC(C)CCCC)C(=O)OCCCN(CC)CC. The minimum atomic E-state index is -0.118. The topological polar surface area (TPSA) is 82.1 Å². The summed E-state index contributed by atoms with van der Waals surface area (Å²) in [5.74, 6) is 0.449. The Labute approximate surface area is 339 Å². The number of unbranched alkanes of at least 4 members (excludes halogenated alkanes) is 16. The summed E-state index contributed by atoms with van der Waals surface area (Å²) < 4.78 is 16.8. The average Bonchev–Trinajstić information content (AvgIpc) is 3.18. The summed E-state index contributed by atoms with van der Waals surface area (Å²) in [6.07, 6.45) is 30.5. The summed E-state index contributed by atoms with van der Waals surface area (Å²) >= 11 is 0. The van der Waals surface area contributed by atoms with Crippen molar-refractivity contribution in [2.24, 2.45) is 17.8 Å². The Bertz CT molecular complexity index is 996. The normalized spacial score (nSPS) is 12.8. The molecule has 0 fully saturated rings. The van der Waals surface area contributed by atoms with Crippen LogP contribution in [0.15, 0.2) is 24.1 Å². The van der Waals surface area contributed by atoms with E-state index in [9.17, 15) is 14.4 Å². The zero-order valence-electron chi connectivity index (χ0n) is 36.7. The van der Waals surface area contributed by atoms with Crippen molar-refractivity contribution in [2.75, 3.05) is 39.5 Å². The molecule has 0 spiro atoms. The highest BCUT2D eigenvalue weighted by atomic mass is 16.5. The Morgan fingerprint density at radius 1 is 0.564 bits per heavy atom. The van der Waals surface area contributed by atoms with Crippen molar-refractivity contribution in [2.45, 2.75) is 208 Å². The molecule has 3 atom stereocenters. The number of ether oxygens (including phenoxy) is 3. The van der Waals surface area contributed by atoms with Crippen molar-refractivity contribution in [1.82, 2.24) is 4.90 Å². The van der Waals surface area contributed by atoms with Gasteiger partial charge in [-0.3, -0.25) is 14.4 Å². The molecule has 0 aromatic heterocycles. The second-order valence-corrected chi connectivity index (χ2v) is 16.0. The smallest absolute Gasteiger partial charge is 0.308 e. The molecule has 0 aliphatic heterocycles. The number of hydrogen-bond donors (Lipinski definition) is 0. The highest BCUT2D eigenvalue weighted by molar-refractivity contribution is 5.72. The van der Waals surface area contributed by atoms with Crippen LogP contribution in [0.5, 0.6) is 0 Å². The van der Waals surface area contributed by atoms with Gasteiger partial charge in [-0.05, 0) is 76.1 Å². The monoisotopic (exact) mass is 774 g/mol. The summed E-state index contributed by atoms with van der Waals surface area (Å²) in [6, 6.07) is 0. The predicted octanol–water partition coefficient (Wildman–Crippen LogP) is 12.9. The van der Waals surface area contributed by atoms with Crippen LogP contribution < -0.4 is 0 Å². The predicted molar refractivity (Wildman–Crippen MR) is 230 cm³/mol. The van der Waals surface area contributed by atoms with Gasteiger partial charge in [-0.25, -0.2) is 0 Å². The Balaban J connectivity index is 4.24. The molecule has 55 heavy (non-hydrogen) atoms. The molecule has 0 aromatic rings. The van der Waals surface area contributed by atoms with Crippen molar-refractivity contribution < 1.29 is 28.6 Å². The van der Waals surface area contributed by atoms with E-state index in [1.807, 2.05) is 6.08 Å². The maximum Gasteiger partial charge on any atom is 0.308 e. The summed E-state index contributed by atoms with van der Waals surface area (Å²) in [5, 5.41) is 0. The third-order valence-corrected chi connectivity index (χ3v) is 10.9. The molecular weight excluding hydrogens is 687 g/mol. The van der Waals surface area contributed by atoms with Gasteiger partial charge >= 0.3 is 17.9 Å². The third-order valence-electron chi connectivity index (χ3n) is 10.9. The maximum atomic E-state index is 13.1. The number of esters is 3. The molecular formula is C48H87NO6. The molecule has 7 nitrogen and oxygen atoms in total. The van der Waals surface area contributed by atoms with Gasteiger partial charge in [0.2, 0.25) is 0 Å². The molecule has 7 heteroatoms. The fourth-order valence-electron chi connectivity index (χ4n) is 7.14. The molecule has 0 amide bonds. The first-order valence-electron chi connectivity index (χ1n) is 23.1. The van der Waals surface area contributed by atoms with Gasteiger partial charge in [-0.2, -0.15) is 0 Å². The van der Waals surface area contributed by atoms with Crippen LogP contribution in [-0.4, -0.2) is 62.3 Å². The zero-order valence-corrected chi connectivity index (χ0v) is 36.7. The highest BCUT2D eigenvalue weighted by Crippen LogP contribution is 2.22. The van der Waals surface area contributed by atoms with E-state index in [0.29, 0.717) is 38.6 Å². The van der Waals surface area contributed by atoms with Crippen molar-refractivity contribution in [3.8, 4) is 0 Å². The van der Waals surface area contributed by atoms with Gasteiger partial charge in [0.05, 0.1) is 32.2 Å². The molecule has 0 aliphatic rings. The van der Waals surface area contributed by atoms with Gasteiger partial charge in [-0.1, -0.05) is 168 Å². The van der Waals surface area contributed by atoms with Crippen LogP contribution >= 0.6 is 0 Å². The van der Waals surface area contributed by atoms with Crippen molar-refractivity contribution in [1.29, 1.82) is 0 Å². The third kappa shape index (κ3) is 34.6. The van der Waals surface area contributed by atoms with Gasteiger partial charge in [0, 0.05) is 13.0 Å². The Morgan fingerprint density at radius 2 is 1.02 bits per heavy atom. The number of rotatable bonds is 40. The van der Waals surface area contributed by atoms with Crippen molar-refractivity contribution >= 4 is 17.9 Å². The summed E-state index contributed by atoms with van der Waals surface area (Å²) in [6.45, 7) is 19.0. The van der Waals surface area contributed by atoms with Gasteiger partial charge < -0.3 is 19.1 Å². The minimum Gasteiger partial charge on any atom is -0.466 e. The molecule has 3 unspecified atom stereocenters. The van der Waals surface area contributed by atoms with E-state index in [2.05, 4.69) is 57.6 Å². The minimum absolute atomic E-state index is 0.0120. The molecule has 0 heterocycles. The molecule has 320 valence electrons. The number of nitrogens with zero attached hydrogens (tertiary/aromatic N) is 1. The average molecular weight is 774 g/mol. The first kappa shape index (κ1) is 52.7. The molecule has 0 radical (unpaired) electrons. The molecule has 0 aromatic carbocycles. The number of allylic oxidation sites excluding steroid dienone is 1. The lowest BCUT2D eigenvalue weighted by Crippen LogP contribution is -2.26. The van der Waals surface area contributed by atoms with E-state index in [4.69, 9.17) is 14.2 Å². The molecule has 0 aliphatic carbocycles. The summed E-state index contributed by atoms with van der Waals surface area (Å²) in [4.78, 5) is 39.8. The lowest BCUT2D eigenvalue weighted by molar-refractivity contribution is -0.149. The lowest BCUT2D eigenvalue weighted by atomic mass is 9.94. The number of carbonyl (C=O) groups excluding carboxylic acids is 3. The van der Waals surface area contributed by atoms with Crippen molar-refractivity contribution in [3.63, 3.8) is 0 Å². The standard InChI is InChI=1S/C48H87NO6/c1-7-12-32-43(6)41-46(50)53-38-29-25-21-17-15-19-23-27-35-45(48(52)55-40-31-37-49(10-4)11-5)36-28-24-20-16-18-22-26-30-39-54-47(51)42-44(33-13-8-2)34-14-9-3/h33,43-45H,2,7,9-12,14-32,34-42H2,1,3-6H3.